The van der Waals surface area contributed by atoms with Gasteiger partial charge in [-0.25, -0.2) is 0 Å². The highest BCUT2D eigenvalue weighted by molar-refractivity contribution is 5.03. The molecule has 0 aromatic rings. The predicted molar refractivity (Wildman–Crippen MR) is 36.3 cm³/mol. The van der Waals surface area contributed by atoms with Gasteiger partial charge >= 0.3 is 0 Å². The Balaban J connectivity index is 2.26. The molecule has 0 aliphatic heterocycles. The lowest BCUT2D eigenvalue weighted by molar-refractivity contribution is -0.112. The van der Waals surface area contributed by atoms with E-state index < -0.39 is 12.4 Å². The van der Waals surface area contributed by atoms with Gasteiger partial charge in [0.05, 0.1) is 12.2 Å². The van der Waals surface area contributed by atoms with Crippen molar-refractivity contribution in [1.29, 1.82) is 0 Å². The Morgan fingerprint density at radius 3 is 2.70 bits per heavy atom. The molecule has 0 heterocycles. The van der Waals surface area contributed by atoms with Crippen LogP contribution in [0.25, 0.3) is 0 Å². The van der Waals surface area contributed by atoms with Crippen LogP contribution in [0.15, 0.2) is 12.2 Å². The Morgan fingerprint density at radius 2 is 2.30 bits per heavy atom. The summed E-state index contributed by atoms with van der Waals surface area (Å²) in [5, 5.41) is 17.7. The molecule has 0 saturated carbocycles. The molecule has 0 aromatic carbocycles. The summed E-state index contributed by atoms with van der Waals surface area (Å²) in [7, 11) is 0. The lowest BCUT2D eigenvalue weighted by Crippen LogP contribution is -2.17. The quantitative estimate of drug-likeness (QED) is 0.424. The van der Waals surface area contributed by atoms with Crippen molar-refractivity contribution in [2.75, 3.05) is 0 Å². The normalized spacial score (nSPS) is 34.7. The van der Waals surface area contributed by atoms with E-state index in [2.05, 4.69) is 0 Å². The Kier molecular flexibility index (Phi) is 2.43. The second-order valence-electron chi connectivity index (χ2n) is 2.46. The molecule has 0 amide bonds. The molecule has 0 bridgehead atoms. The number of aliphatic hydroxyl groups is 2. The van der Waals surface area contributed by atoms with E-state index in [1.165, 1.54) is 0 Å². The molecule has 3 atom stereocenters. The van der Waals surface area contributed by atoms with Gasteiger partial charge < -0.3 is 14.9 Å². The van der Waals surface area contributed by atoms with Gasteiger partial charge in [0.1, 0.15) is 0 Å². The molecule has 0 spiro atoms. The number of hydrogen-bond acceptors (Lipinski definition) is 3. The van der Waals surface area contributed by atoms with Gasteiger partial charge in [0.15, 0.2) is 6.29 Å². The molecule has 1 rings (SSSR count). The number of rotatable bonds is 2. The summed E-state index contributed by atoms with van der Waals surface area (Å²) in [5.74, 6) is 0. The third-order valence-electron chi connectivity index (χ3n) is 1.39. The van der Waals surface area contributed by atoms with Crippen molar-refractivity contribution < 1.29 is 14.9 Å². The molecule has 0 radical (unpaired) electrons. The van der Waals surface area contributed by atoms with Crippen molar-refractivity contribution in [3.05, 3.63) is 12.2 Å². The van der Waals surface area contributed by atoms with E-state index in [4.69, 9.17) is 14.9 Å². The molecule has 0 fully saturated rings. The maximum Gasteiger partial charge on any atom is 0.152 e. The summed E-state index contributed by atoms with van der Waals surface area (Å²) in [6.45, 7) is 1.55. The molecule has 1 aliphatic rings. The second-order valence-corrected chi connectivity index (χ2v) is 2.46. The van der Waals surface area contributed by atoms with Crippen LogP contribution in [0, 0.1) is 0 Å². The first-order valence-electron chi connectivity index (χ1n) is 3.38. The second kappa shape index (κ2) is 3.14. The van der Waals surface area contributed by atoms with Crippen LogP contribution in [0.5, 0.6) is 0 Å². The van der Waals surface area contributed by atoms with E-state index in [0.29, 0.717) is 6.42 Å². The molecule has 58 valence electrons. The van der Waals surface area contributed by atoms with Gasteiger partial charge in [0, 0.05) is 6.42 Å². The van der Waals surface area contributed by atoms with E-state index in [0.717, 1.165) is 0 Å². The first kappa shape index (κ1) is 7.72. The third kappa shape index (κ3) is 2.10. The van der Waals surface area contributed by atoms with Crippen LogP contribution in [-0.2, 0) is 4.74 Å². The SMILES string of the molecule is CC(O)O[C@@H]1C=C[C@H](O)C1. The zero-order valence-electron chi connectivity index (χ0n) is 5.90. The number of ether oxygens (including phenoxy) is 1. The zero-order chi connectivity index (χ0) is 7.56. The van der Waals surface area contributed by atoms with Crippen molar-refractivity contribution in [2.24, 2.45) is 0 Å². The molecule has 0 saturated heterocycles. The van der Waals surface area contributed by atoms with Crippen LogP contribution >= 0.6 is 0 Å². The minimum atomic E-state index is -0.750. The lowest BCUT2D eigenvalue weighted by Gasteiger charge is -2.12. The molecular formula is C7H12O3. The first-order chi connectivity index (χ1) is 4.68. The molecule has 3 heteroatoms. The van der Waals surface area contributed by atoms with E-state index in [-0.39, 0.29) is 6.10 Å². The summed E-state index contributed by atoms with van der Waals surface area (Å²) >= 11 is 0. The van der Waals surface area contributed by atoms with Crippen molar-refractivity contribution in [3.8, 4) is 0 Å². The maximum absolute atomic E-state index is 8.96. The molecule has 1 aliphatic carbocycles. The Bertz CT molecular complexity index is 131. The highest BCUT2D eigenvalue weighted by Crippen LogP contribution is 2.14. The molecule has 3 nitrogen and oxygen atoms in total. The van der Waals surface area contributed by atoms with Crippen LogP contribution in [0.1, 0.15) is 13.3 Å². The molecule has 0 aromatic heterocycles. The molecule has 2 N–H and O–H groups in total. The van der Waals surface area contributed by atoms with Crippen molar-refractivity contribution >= 4 is 0 Å². The van der Waals surface area contributed by atoms with E-state index in [1.54, 1.807) is 19.1 Å². The van der Waals surface area contributed by atoms with Crippen LogP contribution in [0.3, 0.4) is 0 Å². The number of hydrogen-bond donors (Lipinski definition) is 2. The van der Waals surface area contributed by atoms with Gasteiger partial charge in [-0.2, -0.15) is 0 Å². The zero-order valence-corrected chi connectivity index (χ0v) is 5.90. The maximum atomic E-state index is 8.96. The van der Waals surface area contributed by atoms with E-state index in [9.17, 15) is 0 Å². The van der Waals surface area contributed by atoms with Gasteiger partial charge in [-0.05, 0) is 6.92 Å². The van der Waals surface area contributed by atoms with Gasteiger partial charge in [0.2, 0.25) is 0 Å². The van der Waals surface area contributed by atoms with Gasteiger partial charge in [-0.15, -0.1) is 0 Å². The monoisotopic (exact) mass is 144 g/mol. The van der Waals surface area contributed by atoms with Gasteiger partial charge in [-0.1, -0.05) is 12.2 Å². The van der Waals surface area contributed by atoms with Crippen LogP contribution < -0.4 is 0 Å². The minimum Gasteiger partial charge on any atom is -0.389 e. The minimum absolute atomic E-state index is 0.116. The van der Waals surface area contributed by atoms with Gasteiger partial charge in [0.25, 0.3) is 0 Å². The Labute approximate surface area is 59.9 Å². The Morgan fingerprint density at radius 1 is 1.60 bits per heavy atom. The largest absolute Gasteiger partial charge is 0.389 e. The highest BCUT2D eigenvalue weighted by Gasteiger charge is 2.17. The average molecular weight is 144 g/mol. The van der Waals surface area contributed by atoms with Crippen molar-refractivity contribution in [2.45, 2.75) is 31.8 Å². The standard InChI is InChI=1S/C7H12O3/c1-5(8)10-7-3-2-6(9)4-7/h2-3,5-9H,4H2,1H3/t5?,6-,7+/m0/s1. The fourth-order valence-corrected chi connectivity index (χ4v) is 1.00. The van der Waals surface area contributed by atoms with E-state index in [1.807, 2.05) is 0 Å². The molecule has 10 heavy (non-hydrogen) atoms. The smallest absolute Gasteiger partial charge is 0.152 e. The first-order valence-corrected chi connectivity index (χ1v) is 3.38. The van der Waals surface area contributed by atoms with Crippen molar-refractivity contribution in [3.63, 3.8) is 0 Å². The van der Waals surface area contributed by atoms with Gasteiger partial charge in [-0.3, -0.25) is 0 Å². The van der Waals surface area contributed by atoms with Crippen LogP contribution in [0.4, 0.5) is 0 Å². The van der Waals surface area contributed by atoms with Crippen LogP contribution in [-0.4, -0.2) is 28.7 Å². The van der Waals surface area contributed by atoms with Crippen molar-refractivity contribution in [1.82, 2.24) is 0 Å². The summed E-state index contributed by atoms with van der Waals surface area (Å²) in [6, 6.07) is 0. The topological polar surface area (TPSA) is 49.7 Å². The summed E-state index contributed by atoms with van der Waals surface area (Å²) in [6.07, 6.45) is 2.73. The number of aliphatic hydroxyl groups excluding tert-OH is 2. The fraction of sp³-hybridized carbons (Fsp3) is 0.714. The third-order valence-corrected chi connectivity index (χ3v) is 1.39. The summed E-state index contributed by atoms with van der Waals surface area (Å²) < 4.78 is 4.99. The van der Waals surface area contributed by atoms with Crippen LogP contribution in [0.2, 0.25) is 0 Å². The lowest BCUT2D eigenvalue weighted by atomic mass is 10.3. The summed E-state index contributed by atoms with van der Waals surface area (Å²) in [5.41, 5.74) is 0. The van der Waals surface area contributed by atoms with E-state index >= 15 is 0 Å². The average Bonchev–Trinajstić information content (AvgIpc) is 2.13. The highest BCUT2D eigenvalue weighted by atomic mass is 16.6. The molecular weight excluding hydrogens is 132 g/mol. The summed E-state index contributed by atoms with van der Waals surface area (Å²) in [4.78, 5) is 0. The molecule has 1 unspecified atom stereocenters. The fourth-order valence-electron chi connectivity index (χ4n) is 1.00. The Hall–Kier alpha value is -0.380. The predicted octanol–water partition coefficient (Wildman–Crippen LogP) is 0.0307.